The molecule has 0 N–H and O–H groups in total. The molecule has 15 heavy (non-hydrogen) atoms. The highest BCUT2D eigenvalue weighted by Crippen LogP contribution is 2.50. The third-order valence-electron chi connectivity index (χ3n) is 3.58. The molecule has 0 aliphatic carbocycles. The minimum absolute atomic E-state index is 0.266. The lowest BCUT2D eigenvalue weighted by Gasteiger charge is -2.21. The van der Waals surface area contributed by atoms with Crippen LogP contribution in [0.1, 0.15) is 46.0 Å². The summed E-state index contributed by atoms with van der Waals surface area (Å²) in [6, 6.07) is 0. The van der Waals surface area contributed by atoms with Gasteiger partial charge in [0.05, 0.1) is 18.6 Å². The number of rotatable bonds is 0. The van der Waals surface area contributed by atoms with E-state index in [0.717, 1.165) is 25.7 Å². The zero-order valence-corrected chi connectivity index (χ0v) is 9.32. The first kappa shape index (κ1) is 10.0. The molecule has 3 rings (SSSR count). The van der Waals surface area contributed by atoms with E-state index in [-0.39, 0.29) is 12.2 Å². The Morgan fingerprint density at radius 1 is 0.867 bits per heavy atom. The van der Waals surface area contributed by atoms with Gasteiger partial charge in [-0.25, -0.2) is 0 Å². The highest BCUT2D eigenvalue weighted by atomic mass is 17.3. The number of hydrogen-bond acceptors (Lipinski definition) is 4. The minimum Gasteiger partial charge on any atom is -0.344 e. The van der Waals surface area contributed by atoms with E-state index in [1.165, 1.54) is 0 Å². The van der Waals surface area contributed by atoms with Gasteiger partial charge in [-0.15, -0.1) is 0 Å². The topological polar surface area (TPSA) is 36.9 Å². The molecular weight excluding hydrogens is 196 g/mol. The molecule has 0 unspecified atom stereocenters. The van der Waals surface area contributed by atoms with Crippen LogP contribution in [0.25, 0.3) is 0 Å². The molecule has 3 aliphatic heterocycles. The lowest BCUT2D eigenvalue weighted by molar-refractivity contribution is -0.426. The lowest BCUT2D eigenvalue weighted by Crippen LogP contribution is -2.32. The second kappa shape index (κ2) is 3.17. The quantitative estimate of drug-likeness (QED) is 0.579. The summed E-state index contributed by atoms with van der Waals surface area (Å²) in [4.78, 5) is 10.8. The molecule has 86 valence electrons. The maximum Gasteiger partial charge on any atom is 0.207 e. The van der Waals surface area contributed by atoms with Gasteiger partial charge in [-0.1, -0.05) is 0 Å². The van der Waals surface area contributed by atoms with Crippen LogP contribution in [0, 0.1) is 0 Å². The van der Waals surface area contributed by atoms with Crippen molar-refractivity contribution in [2.24, 2.45) is 0 Å². The predicted octanol–water partition coefficient (Wildman–Crippen LogP) is 2.13. The van der Waals surface area contributed by atoms with Crippen molar-refractivity contribution in [2.45, 2.75) is 69.7 Å². The van der Waals surface area contributed by atoms with Gasteiger partial charge in [0, 0.05) is 12.8 Å². The molecule has 3 saturated heterocycles. The van der Waals surface area contributed by atoms with E-state index >= 15 is 0 Å². The molecule has 0 aromatic heterocycles. The summed E-state index contributed by atoms with van der Waals surface area (Å²) in [5.74, 6) is -1.05. The molecule has 3 heterocycles. The van der Waals surface area contributed by atoms with Crippen LogP contribution in [0.2, 0.25) is 0 Å². The van der Waals surface area contributed by atoms with Gasteiger partial charge in [-0.3, -0.25) is 0 Å². The van der Waals surface area contributed by atoms with Gasteiger partial charge in [0.15, 0.2) is 0 Å². The standard InChI is InChI=1S/C11H18O4/c1-8-3-5-10(12-8)7-11(15-14-10)6-4-9(2)13-11/h8-9H,3-7H2,1-2H3/t8-,9+,10+,11-. The summed E-state index contributed by atoms with van der Waals surface area (Å²) >= 11 is 0. The van der Waals surface area contributed by atoms with E-state index in [0.29, 0.717) is 6.42 Å². The van der Waals surface area contributed by atoms with Crippen LogP contribution in [0.3, 0.4) is 0 Å². The number of hydrogen-bond donors (Lipinski definition) is 0. The monoisotopic (exact) mass is 214 g/mol. The zero-order valence-electron chi connectivity index (χ0n) is 9.32. The van der Waals surface area contributed by atoms with Crippen molar-refractivity contribution in [3.05, 3.63) is 0 Å². The number of ether oxygens (including phenoxy) is 2. The third-order valence-corrected chi connectivity index (χ3v) is 3.58. The summed E-state index contributed by atoms with van der Waals surface area (Å²) < 4.78 is 11.6. The molecule has 0 bridgehead atoms. The Labute approximate surface area is 89.8 Å². The van der Waals surface area contributed by atoms with E-state index in [4.69, 9.17) is 19.2 Å². The highest BCUT2D eigenvalue weighted by molar-refractivity contribution is 4.91. The molecule has 3 fully saturated rings. The smallest absolute Gasteiger partial charge is 0.207 e. The van der Waals surface area contributed by atoms with Gasteiger partial charge in [0.2, 0.25) is 11.6 Å². The van der Waals surface area contributed by atoms with Gasteiger partial charge >= 0.3 is 0 Å². The first-order valence-electron chi connectivity index (χ1n) is 5.84. The molecule has 2 spiro atoms. The van der Waals surface area contributed by atoms with E-state index in [9.17, 15) is 0 Å². The fourth-order valence-electron chi connectivity index (χ4n) is 2.82. The van der Waals surface area contributed by atoms with Crippen molar-refractivity contribution in [1.82, 2.24) is 0 Å². The van der Waals surface area contributed by atoms with Crippen LogP contribution >= 0.6 is 0 Å². The third kappa shape index (κ3) is 1.60. The van der Waals surface area contributed by atoms with Crippen molar-refractivity contribution in [3.63, 3.8) is 0 Å². The average Bonchev–Trinajstić information content (AvgIpc) is 2.81. The summed E-state index contributed by atoms with van der Waals surface area (Å²) in [6.07, 6.45) is 5.14. The van der Waals surface area contributed by atoms with Gasteiger partial charge in [0.25, 0.3) is 0 Å². The molecule has 0 radical (unpaired) electrons. The SMILES string of the molecule is C[C@@H]1CC[C@]2(C[C@@]3(CC[C@H](C)O3)OO2)O1. The molecule has 3 aliphatic rings. The Morgan fingerprint density at radius 3 is 1.67 bits per heavy atom. The van der Waals surface area contributed by atoms with Crippen LogP contribution in [0.4, 0.5) is 0 Å². The summed E-state index contributed by atoms with van der Waals surface area (Å²) in [5.41, 5.74) is 0. The van der Waals surface area contributed by atoms with Crippen LogP contribution < -0.4 is 0 Å². The van der Waals surface area contributed by atoms with Crippen LogP contribution in [0.5, 0.6) is 0 Å². The summed E-state index contributed by atoms with van der Waals surface area (Å²) in [6.45, 7) is 4.14. The van der Waals surface area contributed by atoms with Gasteiger partial charge < -0.3 is 9.47 Å². The largest absolute Gasteiger partial charge is 0.344 e. The van der Waals surface area contributed by atoms with Crippen LogP contribution in [-0.2, 0) is 19.2 Å². The Bertz CT molecular complexity index is 243. The molecule has 4 heteroatoms. The maximum absolute atomic E-state index is 5.80. The second-order valence-electron chi connectivity index (χ2n) is 5.10. The Balaban J connectivity index is 1.73. The first-order valence-corrected chi connectivity index (χ1v) is 5.84. The van der Waals surface area contributed by atoms with Crippen molar-refractivity contribution < 1.29 is 19.2 Å². The summed E-state index contributed by atoms with van der Waals surface area (Å²) in [5, 5.41) is 0. The molecule has 4 nitrogen and oxygen atoms in total. The first-order chi connectivity index (χ1) is 7.12. The van der Waals surface area contributed by atoms with E-state index in [1.54, 1.807) is 0 Å². The molecular formula is C11H18O4. The molecule has 4 atom stereocenters. The lowest BCUT2D eigenvalue weighted by atomic mass is 10.0. The average molecular weight is 214 g/mol. The second-order valence-corrected chi connectivity index (χ2v) is 5.10. The molecule has 0 amide bonds. The fraction of sp³-hybridized carbons (Fsp3) is 1.00. The Morgan fingerprint density at radius 2 is 1.33 bits per heavy atom. The predicted molar refractivity (Wildman–Crippen MR) is 51.8 cm³/mol. The Hall–Kier alpha value is -0.160. The Kier molecular flexibility index (Phi) is 2.12. The molecule has 0 aromatic rings. The van der Waals surface area contributed by atoms with E-state index in [1.807, 2.05) is 0 Å². The van der Waals surface area contributed by atoms with Crippen LogP contribution in [0.15, 0.2) is 0 Å². The summed E-state index contributed by atoms with van der Waals surface area (Å²) in [7, 11) is 0. The van der Waals surface area contributed by atoms with E-state index < -0.39 is 11.6 Å². The van der Waals surface area contributed by atoms with E-state index in [2.05, 4.69) is 13.8 Å². The van der Waals surface area contributed by atoms with Gasteiger partial charge in [-0.2, -0.15) is 9.78 Å². The van der Waals surface area contributed by atoms with Crippen molar-refractivity contribution in [3.8, 4) is 0 Å². The fourth-order valence-corrected chi connectivity index (χ4v) is 2.82. The normalized spacial score (nSPS) is 54.8. The minimum atomic E-state index is -0.524. The maximum atomic E-state index is 5.80. The molecule has 0 aromatic carbocycles. The van der Waals surface area contributed by atoms with Crippen molar-refractivity contribution in [1.29, 1.82) is 0 Å². The van der Waals surface area contributed by atoms with Gasteiger partial charge in [-0.05, 0) is 26.7 Å². The molecule has 0 saturated carbocycles. The van der Waals surface area contributed by atoms with Crippen LogP contribution in [-0.4, -0.2) is 23.8 Å². The van der Waals surface area contributed by atoms with Crippen molar-refractivity contribution in [2.75, 3.05) is 0 Å². The highest BCUT2D eigenvalue weighted by Gasteiger charge is 2.58. The van der Waals surface area contributed by atoms with Crippen molar-refractivity contribution >= 4 is 0 Å². The van der Waals surface area contributed by atoms with Gasteiger partial charge in [0.1, 0.15) is 0 Å². The zero-order chi connectivity index (χ0) is 10.5.